The molecule has 0 bridgehead atoms. The molecule has 1 unspecified atom stereocenters. The highest BCUT2D eigenvalue weighted by Gasteiger charge is 2.31. The van der Waals surface area contributed by atoms with Gasteiger partial charge >= 0.3 is 0 Å². The van der Waals surface area contributed by atoms with E-state index in [1.165, 1.54) is 5.56 Å². The van der Waals surface area contributed by atoms with Gasteiger partial charge in [-0.3, -0.25) is 4.98 Å². The summed E-state index contributed by atoms with van der Waals surface area (Å²) in [6.07, 6.45) is 3.06. The van der Waals surface area contributed by atoms with Crippen molar-refractivity contribution in [2.24, 2.45) is 0 Å². The van der Waals surface area contributed by atoms with Crippen LogP contribution in [0.5, 0.6) is 0 Å². The fraction of sp³-hybridized carbons (Fsp3) is 0.667. The monoisotopic (exact) mass is 250 g/mol. The van der Waals surface area contributed by atoms with E-state index >= 15 is 0 Å². The molecule has 0 aliphatic carbocycles. The largest absolute Gasteiger partial charge is 0.374 e. The topological polar surface area (TPSA) is 34.2 Å². The van der Waals surface area contributed by atoms with Crippen LogP contribution < -0.4 is 5.32 Å². The maximum absolute atomic E-state index is 5.88. The van der Waals surface area contributed by atoms with Crippen molar-refractivity contribution in [1.82, 2.24) is 10.3 Å². The molecular formula is C15H26N2O. The third kappa shape index (κ3) is 4.07. The van der Waals surface area contributed by atoms with E-state index < -0.39 is 0 Å². The number of aryl methyl sites for hydroxylation is 1. The van der Waals surface area contributed by atoms with Gasteiger partial charge in [0.05, 0.1) is 11.6 Å². The van der Waals surface area contributed by atoms with E-state index in [-0.39, 0.29) is 11.6 Å². The van der Waals surface area contributed by atoms with Crippen LogP contribution in [0.15, 0.2) is 18.3 Å². The number of aromatic nitrogens is 1. The molecule has 0 fully saturated rings. The van der Waals surface area contributed by atoms with E-state index in [9.17, 15) is 0 Å². The van der Waals surface area contributed by atoms with Crippen LogP contribution in [0.3, 0.4) is 0 Å². The van der Waals surface area contributed by atoms with Gasteiger partial charge in [-0.1, -0.05) is 13.0 Å². The Morgan fingerprint density at radius 2 is 2.06 bits per heavy atom. The number of hydrogen-bond donors (Lipinski definition) is 1. The summed E-state index contributed by atoms with van der Waals surface area (Å²) in [4.78, 5) is 4.39. The van der Waals surface area contributed by atoms with Gasteiger partial charge in [-0.05, 0) is 52.3 Å². The number of pyridine rings is 1. The Kier molecular flexibility index (Phi) is 5.76. The maximum atomic E-state index is 5.88. The SMILES string of the molecule is CCCNC(c1ccc(C)nc1)C(C)(C)OCC. The van der Waals surface area contributed by atoms with Gasteiger partial charge in [-0.25, -0.2) is 0 Å². The molecule has 0 saturated carbocycles. The molecule has 0 spiro atoms. The van der Waals surface area contributed by atoms with E-state index in [0.29, 0.717) is 0 Å². The normalized spacial score (nSPS) is 13.6. The predicted molar refractivity (Wildman–Crippen MR) is 75.7 cm³/mol. The van der Waals surface area contributed by atoms with Crippen LogP contribution in [0.1, 0.15) is 51.4 Å². The summed E-state index contributed by atoms with van der Waals surface area (Å²) >= 11 is 0. The molecule has 1 atom stereocenters. The molecule has 0 aliphatic rings. The summed E-state index contributed by atoms with van der Waals surface area (Å²) in [5, 5.41) is 3.57. The quantitative estimate of drug-likeness (QED) is 0.806. The smallest absolute Gasteiger partial charge is 0.0820 e. The van der Waals surface area contributed by atoms with Gasteiger partial charge in [0.15, 0.2) is 0 Å². The number of rotatable bonds is 7. The van der Waals surface area contributed by atoms with Gasteiger partial charge in [-0.2, -0.15) is 0 Å². The molecule has 1 N–H and O–H groups in total. The van der Waals surface area contributed by atoms with Crippen LogP contribution in [0.4, 0.5) is 0 Å². The van der Waals surface area contributed by atoms with Crippen molar-refractivity contribution >= 4 is 0 Å². The standard InChI is InChI=1S/C15H26N2O/c1-6-10-16-14(15(4,5)18-7-2)13-9-8-12(3)17-11-13/h8-9,11,14,16H,6-7,10H2,1-5H3. The first-order chi connectivity index (χ1) is 8.51. The van der Waals surface area contributed by atoms with Crippen molar-refractivity contribution < 1.29 is 4.74 Å². The van der Waals surface area contributed by atoms with Crippen LogP contribution in [0.2, 0.25) is 0 Å². The zero-order valence-electron chi connectivity index (χ0n) is 12.3. The van der Waals surface area contributed by atoms with E-state index in [0.717, 1.165) is 25.3 Å². The maximum Gasteiger partial charge on any atom is 0.0820 e. The first-order valence-electron chi connectivity index (χ1n) is 6.81. The zero-order valence-corrected chi connectivity index (χ0v) is 12.3. The molecule has 18 heavy (non-hydrogen) atoms. The van der Waals surface area contributed by atoms with Gasteiger partial charge in [0.25, 0.3) is 0 Å². The van der Waals surface area contributed by atoms with E-state index in [1.54, 1.807) is 0 Å². The van der Waals surface area contributed by atoms with Crippen molar-refractivity contribution in [2.45, 2.75) is 52.7 Å². The number of hydrogen-bond acceptors (Lipinski definition) is 3. The Hall–Kier alpha value is -0.930. The van der Waals surface area contributed by atoms with Gasteiger partial charge in [0.2, 0.25) is 0 Å². The minimum absolute atomic E-state index is 0.172. The van der Waals surface area contributed by atoms with E-state index in [4.69, 9.17) is 4.74 Å². The highest BCUT2D eigenvalue weighted by Crippen LogP contribution is 2.28. The van der Waals surface area contributed by atoms with Gasteiger partial charge in [-0.15, -0.1) is 0 Å². The molecular weight excluding hydrogens is 224 g/mol. The van der Waals surface area contributed by atoms with Crippen molar-refractivity contribution in [3.63, 3.8) is 0 Å². The summed E-state index contributed by atoms with van der Waals surface area (Å²) in [6.45, 7) is 12.2. The molecule has 3 heteroatoms. The Balaban J connectivity index is 2.93. The lowest BCUT2D eigenvalue weighted by Gasteiger charge is -2.35. The molecule has 3 nitrogen and oxygen atoms in total. The fourth-order valence-electron chi connectivity index (χ4n) is 2.16. The lowest BCUT2D eigenvalue weighted by atomic mass is 9.92. The van der Waals surface area contributed by atoms with Crippen molar-refractivity contribution in [3.05, 3.63) is 29.6 Å². The molecule has 1 rings (SSSR count). The van der Waals surface area contributed by atoms with E-state index in [2.05, 4.69) is 43.2 Å². The highest BCUT2D eigenvalue weighted by molar-refractivity contribution is 5.20. The van der Waals surface area contributed by atoms with Gasteiger partial charge in [0.1, 0.15) is 0 Å². The van der Waals surface area contributed by atoms with Crippen LogP contribution >= 0.6 is 0 Å². The minimum atomic E-state index is -0.235. The summed E-state index contributed by atoms with van der Waals surface area (Å²) in [5.41, 5.74) is 2.00. The third-order valence-corrected chi connectivity index (χ3v) is 3.08. The summed E-state index contributed by atoms with van der Waals surface area (Å²) < 4.78 is 5.88. The van der Waals surface area contributed by atoms with Crippen LogP contribution in [0, 0.1) is 6.92 Å². The zero-order chi connectivity index (χ0) is 13.6. The Morgan fingerprint density at radius 1 is 1.33 bits per heavy atom. The first-order valence-corrected chi connectivity index (χ1v) is 6.81. The van der Waals surface area contributed by atoms with Crippen molar-refractivity contribution in [1.29, 1.82) is 0 Å². The van der Waals surface area contributed by atoms with Crippen LogP contribution in [-0.2, 0) is 4.74 Å². The average molecular weight is 250 g/mol. The van der Waals surface area contributed by atoms with Crippen molar-refractivity contribution in [3.8, 4) is 0 Å². The van der Waals surface area contributed by atoms with Crippen LogP contribution in [-0.4, -0.2) is 23.7 Å². The second-order valence-electron chi connectivity index (χ2n) is 5.16. The average Bonchev–Trinajstić information content (AvgIpc) is 2.31. The summed E-state index contributed by atoms with van der Waals surface area (Å²) in [6, 6.07) is 4.36. The highest BCUT2D eigenvalue weighted by atomic mass is 16.5. The van der Waals surface area contributed by atoms with Crippen LogP contribution in [0.25, 0.3) is 0 Å². The molecule has 0 aliphatic heterocycles. The second-order valence-corrected chi connectivity index (χ2v) is 5.16. The first kappa shape index (κ1) is 15.1. The van der Waals surface area contributed by atoms with Gasteiger partial charge < -0.3 is 10.1 Å². The molecule has 0 saturated heterocycles. The summed E-state index contributed by atoms with van der Waals surface area (Å²) in [5.74, 6) is 0. The molecule has 1 heterocycles. The molecule has 0 radical (unpaired) electrons. The Labute approximate surface area is 111 Å². The molecule has 102 valence electrons. The second kappa shape index (κ2) is 6.86. The Morgan fingerprint density at radius 3 is 2.56 bits per heavy atom. The lowest BCUT2D eigenvalue weighted by Crippen LogP contribution is -2.42. The third-order valence-electron chi connectivity index (χ3n) is 3.08. The number of nitrogens with one attached hydrogen (secondary N) is 1. The summed E-state index contributed by atoms with van der Waals surface area (Å²) in [7, 11) is 0. The van der Waals surface area contributed by atoms with Gasteiger partial charge in [0, 0.05) is 18.5 Å². The molecule has 0 amide bonds. The number of ether oxygens (including phenoxy) is 1. The number of nitrogens with zero attached hydrogens (tertiary/aromatic N) is 1. The minimum Gasteiger partial charge on any atom is -0.374 e. The molecule has 1 aromatic rings. The van der Waals surface area contributed by atoms with E-state index in [1.807, 2.05) is 20.0 Å². The molecule has 1 aromatic heterocycles. The lowest BCUT2D eigenvalue weighted by molar-refractivity contribution is -0.0392. The van der Waals surface area contributed by atoms with Crippen molar-refractivity contribution in [2.75, 3.05) is 13.2 Å². The fourth-order valence-corrected chi connectivity index (χ4v) is 2.16. The molecule has 0 aromatic carbocycles. The Bertz CT molecular complexity index is 346. The predicted octanol–water partition coefficient (Wildman–Crippen LogP) is 3.25.